The number of hydrogen-bond donors (Lipinski definition) is 1. The molecule has 1 N–H and O–H groups in total. The van der Waals surface area contributed by atoms with Gasteiger partial charge in [-0.1, -0.05) is 29.8 Å². The molecule has 2 aromatic carbocycles. The number of amides is 2. The van der Waals surface area contributed by atoms with E-state index >= 15 is 0 Å². The summed E-state index contributed by atoms with van der Waals surface area (Å²) in [4.78, 5) is 26.7. The second-order valence-corrected chi connectivity index (χ2v) is 6.91. The zero-order valence-corrected chi connectivity index (χ0v) is 17.2. The minimum Gasteiger partial charge on any atom is -0.449 e. The van der Waals surface area contributed by atoms with Gasteiger partial charge in [0, 0.05) is 25.3 Å². The van der Waals surface area contributed by atoms with Crippen LogP contribution in [0.4, 0.5) is 10.1 Å². The summed E-state index contributed by atoms with van der Waals surface area (Å²) >= 11 is 6.07. The Morgan fingerprint density at radius 3 is 2.83 bits per heavy atom. The number of fused-ring (bicyclic) bond motifs is 1. The minimum absolute atomic E-state index is 0.0437. The van der Waals surface area contributed by atoms with Gasteiger partial charge in [0.1, 0.15) is 12.4 Å². The Labute approximate surface area is 179 Å². The van der Waals surface area contributed by atoms with Gasteiger partial charge in [-0.2, -0.15) is 0 Å². The molecule has 1 aliphatic heterocycles. The third kappa shape index (κ3) is 5.17. The highest BCUT2D eigenvalue weighted by molar-refractivity contribution is 6.32. The summed E-state index contributed by atoms with van der Waals surface area (Å²) in [5.41, 5.74) is 0.506. The van der Waals surface area contributed by atoms with E-state index in [9.17, 15) is 14.0 Å². The van der Waals surface area contributed by atoms with Crippen molar-refractivity contribution in [3.8, 4) is 5.75 Å². The molecule has 2 aromatic rings. The Balaban J connectivity index is 1.81. The molecule has 158 valence electrons. The van der Waals surface area contributed by atoms with Gasteiger partial charge in [-0.3, -0.25) is 14.5 Å². The van der Waals surface area contributed by atoms with Crippen LogP contribution in [0.3, 0.4) is 0 Å². The Morgan fingerprint density at radius 1 is 1.27 bits per heavy atom. The van der Waals surface area contributed by atoms with Gasteiger partial charge in [-0.05, 0) is 43.7 Å². The van der Waals surface area contributed by atoms with Gasteiger partial charge < -0.3 is 14.8 Å². The van der Waals surface area contributed by atoms with Crippen LogP contribution in [0.5, 0.6) is 5.75 Å². The molecular formula is C22H22ClFN2O4. The highest BCUT2D eigenvalue weighted by Gasteiger charge is 2.31. The summed E-state index contributed by atoms with van der Waals surface area (Å²) in [6.07, 6.45) is 1.92. The smallest absolute Gasteiger partial charge is 0.294 e. The van der Waals surface area contributed by atoms with Crippen LogP contribution >= 0.6 is 11.6 Å². The maximum Gasteiger partial charge on any atom is 0.294 e. The number of carbonyl (C=O) groups excluding carboxylic acids is 2. The average Bonchev–Trinajstić information content (AvgIpc) is 2.73. The predicted molar refractivity (Wildman–Crippen MR) is 113 cm³/mol. The third-order valence-corrected chi connectivity index (χ3v) is 4.73. The van der Waals surface area contributed by atoms with Crippen molar-refractivity contribution in [3.63, 3.8) is 0 Å². The summed E-state index contributed by atoms with van der Waals surface area (Å²) in [5.74, 6) is -1.19. The largest absolute Gasteiger partial charge is 0.449 e. The lowest BCUT2D eigenvalue weighted by molar-refractivity contribution is -0.123. The van der Waals surface area contributed by atoms with E-state index in [0.717, 1.165) is 0 Å². The van der Waals surface area contributed by atoms with Gasteiger partial charge in [-0.15, -0.1) is 0 Å². The normalized spacial score (nSPS) is 14.4. The highest BCUT2D eigenvalue weighted by Crippen LogP contribution is 2.36. The molecule has 0 spiro atoms. The number of ether oxygens (including phenoxy) is 2. The maximum atomic E-state index is 14.2. The van der Waals surface area contributed by atoms with Crippen LogP contribution in [0.2, 0.25) is 5.02 Å². The van der Waals surface area contributed by atoms with Crippen LogP contribution in [0.25, 0.3) is 6.08 Å². The van der Waals surface area contributed by atoms with Gasteiger partial charge in [0.2, 0.25) is 5.91 Å². The van der Waals surface area contributed by atoms with E-state index in [0.29, 0.717) is 37.6 Å². The zero-order chi connectivity index (χ0) is 21.5. The molecule has 1 aliphatic rings. The third-order valence-electron chi connectivity index (χ3n) is 4.40. The van der Waals surface area contributed by atoms with Crippen molar-refractivity contribution in [3.05, 3.63) is 64.6 Å². The SMILES string of the molecule is CCOCCCNC(=O)CN1C(=O)/C(=C/c2c(F)cccc2Cl)Oc2ccccc21. The van der Waals surface area contributed by atoms with Gasteiger partial charge in [0.15, 0.2) is 11.5 Å². The summed E-state index contributed by atoms with van der Waals surface area (Å²) in [6, 6.07) is 11.1. The highest BCUT2D eigenvalue weighted by atomic mass is 35.5. The molecule has 0 atom stereocenters. The number of halogens is 2. The summed E-state index contributed by atoms with van der Waals surface area (Å²) in [6.45, 7) is 3.31. The van der Waals surface area contributed by atoms with Crippen LogP contribution < -0.4 is 15.0 Å². The molecule has 3 rings (SSSR count). The van der Waals surface area contributed by atoms with Crippen LogP contribution in [0.15, 0.2) is 48.2 Å². The van der Waals surface area contributed by atoms with E-state index in [4.69, 9.17) is 21.1 Å². The van der Waals surface area contributed by atoms with E-state index in [-0.39, 0.29) is 28.8 Å². The minimum atomic E-state index is -0.580. The first-order chi connectivity index (χ1) is 14.5. The number of para-hydroxylation sites is 2. The summed E-state index contributed by atoms with van der Waals surface area (Å²) < 4.78 is 25.1. The van der Waals surface area contributed by atoms with Crippen molar-refractivity contribution in [1.29, 1.82) is 0 Å². The number of carbonyl (C=O) groups is 2. The fourth-order valence-corrected chi connectivity index (χ4v) is 3.16. The van der Waals surface area contributed by atoms with Gasteiger partial charge in [-0.25, -0.2) is 4.39 Å². The van der Waals surface area contributed by atoms with Gasteiger partial charge in [0.05, 0.1) is 10.7 Å². The van der Waals surface area contributed by atoms with Crippen LogP contribution in [0.1, 0.15) is 18.9 Å². The molecule has 0 bridgehead atoms. The first-order valence-corrected chi connectivity index (χ1v) is 9.98. The van der Waals surface area contributed by atoms with E-state index in [1.807, 2.05) is 6.92 Å². The molecule has 0 aromatic heterocycles. The lowest BCUT2D eigenvalue weighted by atomic mass is 10.1. The summed E-state index contributed by atoms with van der Waals surface area (Å²) in [7, 11) is 0. The number of hydrogen-bond acceptors (Lipinski definition) is 4. The van der Waals surface area contributed by atoms with Crippen molar-refractivity contribution in [1.82, 2.24) is 5.32 Å². The fraction of sp³-hybridized carbons (Fsp3) is 0.273. The molecule has 1 heterocycles. The van der Waals surface area contributed by atoms with Crippen molar-refractivity contribution in [2.45, 2.75) is 13.3 Å². The molecule has 0 saturated carbocycles. The predicted octanol–water partition coefficient (Wildman–Crippen LogP) is 3.79. The first kappa shape index (κ1) is 21.8. The second-order valence-electron chi connectivity index (χ2n) is 6.51. The van der Waals surface area contributed by atoms with Crippen LogP contribution in [-0.4, -0.2) is 38.1 Å². The van der Waals surface area contributed by atoms with Crippen molar-refractivity contribution >= 4 is 35.2 Å². The molecule has 2 amide bonds. The quantitative estimate of drug-likeness (QED) is 0.509. The topological polar surface area (TPSA) is 67.9 Å². The molecule has 0 saturated heterocycles. The van der Waals surface area contributed by atoms with Crippen molar-refractivity contribution in [2.24, 2.45) is 0 Å². The molecule has 0 aliphatic carbocycles. The molecule has 8 heteroatoms. The molecular weight excluding hydrogens is 411 g/mol. The second kappa shape index (κ2) is 10.2. The van der Waals surface area contributed by atoms with Crippen LogP contribution in [-0.2, 0) is 14.3 Å². The van der Waals surface area contributed by atoms with E-state index in [2.05, 4.69) is 5.32 Å². The van der Waals surface area contributed by atoms with Gasteiger partial charge >= 0.3 is 0 Å². The van der Waals surface area contributed by atoms with Crippen molar-refractivity contribution in [2.75, 3.05) is 31.2 Å². The first-order valence-electron chi connectivity index (χ1n) is 9.60. The Hall–Kier alpha value is -2.90. The lowest BCUT2D eigenvalue weighted by Crippen LogP contribution is -2.44. The monoisotopic (exact) mass is 432 g/mol. The Kier molecular flexibility index (Phi) is 7.43. The zero-order valence-electron chi connectivity index (χ0n) is 16.5. The average molecular weight is 433 g/mol. The van der Waals surface area contributed by atoms with Crippen molar-refractivity contribution < 1.29 is 23.5 Å². The molecule has 30 heavy (non-hydrogen) atoms. The maximum absolute atomic E-state index is 14.2. The molecule has 0 radical (unpaired) electrons. The molecule has 6 nitrogen and oxygen atoms in total. The number of anilines is 1. The number of nitrogens with one attached hydrogen (secondary N) is 1. The molecule has 0 unspecified atom stereocenters. The standard InChI is InChI=1S/C22H22ClFN2O4/c1-2-29-12-6-11-25-21(27)14-26-18-9-3-4-10-19(18)30-20(22(26)28)13-15-16(23)7-5-8-17(15)24/h3-5,7-10,13H,2,6,11-12,14H2,1H3,(H,25,27)/b20-13-. The van der Waals surface area contributed by atoms with Gasteiger partial charge in [0.25, 0.3) is 5.91 Å². The van der Waals surface area contributed by atoms with Crippen LogP contribution in [0, 0.1) is 5.82 Å². The Bertz CT molecular complexity index is 944. The molecule has 0 fully saturated rings. The summed E-state index contributed by atoms with van der Waals surface area (Å²) in [5, 5.41) is 2.92. The number of benzene rings is 2. The van der Waals surface area contributed by atoms with E-state index < -0.39 is 11.7 Å². The fourth-order valence-electron chi connectivity index (χ4n) is 2.94. The lowest BCUT2D eigenvalue weighted by Gasteiger charge is -2.30. The van der Waals surface area contributed by atoms with E-state index in [1.54, 1.807) is 24.3 Å². The number of nitrogens with zero attached hydrogens (tertiary/aromatic N) is 1. The Morgan fingerprint density at radius 2 is 2.07 bits per heavy atom. The number of rotatable bonds is 8. The van der Waals surface area contributed by atoms with E-state index in [1.165, 1.54) is 29.2 Å².